The molecule has 2 aromatic rings. The molecule has 0 bridgehead atoms. The van der Waals surface area contributed by atoms with Crippen molar-refractivity contribution in [3.63, 3.8) is 0 Å². The molecule has 1 aliphatic rings. The maximum absolute atomic E-state index is 12.9. The molecule has 104 valence electrons. The highest BCUT2D eigenvalue weighted by Gasteiger charge is 2.30. The summed E-state index contributed by atoms with van der Waals surface area (Å²) in [5.74, 6) is 1.89. The smallest absolute Gasteiger partial charge is 0.166 e. The number of hydrogen-bond donors (Lipinski definition) is 0. The third kappa shape index (κ3) is 2.49. The maximum atomic E-state index is 12.9. The molecule has 0 saturated heterocycles. The van der Waals surface area contributed by atoms with Crippen LogP contribution in [0, 0.1) is 17.8 Å². The van der Waals surface area contributed by atoms with Crippen LogP contribution in [-0.2, 0) is 0 Å². The van der Waals surface area contributed by atoms with Crippen LogP contribution < -0.4 is 0 Å². The molecule has 1 heteroatoms. The Morgan fingerprint density at radius 2 is 1.55 bits per heavy atom. The zero-order chi connectivity index (χ0) is 14.1. The van der Waals surface area contributed by atoms with Crippen LogP contribution in [0.15, 0.2) is 42.5 Å². The fourth-order valence-corrected chi connectivity index (χ4v) is 3.82. The number of Topliss-reactive ketones (excluding diaryl/α,β-unsaturated/α-hetero) is 1. The standard InChI is InChI=1S/C19H22O/c1-13-10-14(2)12-16(11-13)19(20)18-9-5-7-15-6-3-4-8-17(15)18/h3-9,13-14,16H,10-12H2,1-2H3. The summed E-state index contributed by atoms with van der Waals surface area (Å²) < 4.78 is 0. The van der Waals surface area contributed by atoms with E-state index in [0.717, 1.165) is 29.2 Å². The quantitative estimate of drug-likeness (QED) is 0.691. The predicted octanol–water partition coefficient (Wildman–Crippen LogP) is 5.09. The first kappa shape index (κ1) is 13.4. The van der Waals surface area contributed by atoms with Gasteiger partial charge in [-0.15, -0.1) is 0 Å². The van der Waals surface area contributed by atoms with Crippen molar-refractivity contribution in [3.05, 3.63) is 48.0 Å². The van der Waals surface area contributed by atoms with Crippen LogP contribution in [0.25, 0.3) is 10.8 Å². The number of fused-ring (bicyclic) bond motifs is 1. The second-order valence-electron chi connectivity index (χ2n) is 6.51. The van der Waals surface area contributed by atoms with Crippen LogP contribution in [0.1, 0.15) is 43.5 Å². The number of carbonyl (C=O) groups excluding carboxylic acids is 1. The summed E-state index contributed by atoms with van der Waals surface area (Å²) in [6.07, 6.45) is 3.36. The van der Waals surface area contributed by atoms with Crippen molar-refractivity contribution in [1.82, 2.24) is 0 Å². The van der Waals surface area contributed by atoms with Gasteiger partial charge in [-0.3, -0.25) is 4.79 Å². The first-order chi connectivity index (χ1) is 9.65. The van der Waals surface area contributed by atoms with Gasteiger partial charge < -0.3 is 0 Å². The Morgan fingerprint density at radius 1 is 0.900 bits per heavy atom. The predicted molar refractivity (Wildman–Crippen MR) is 83.9 cm³/mol. The van der Waals surface area contributed by atoms with Gasteiger partial charge in [-0.25, -0.2) is 0 Å². The van der Waals surface area contributed by atoms with Crippen molar-refractivity contribution in [2.75, 3.05) is 0 Å². The molecular weight excluding hydrogens is 244 g/mol. The zero-order valence-electron chi connectivity index (χ0n) is 12.3. The summed E-state index contributed by atoms with van der Waals surface area (Å²) in [7, 11) is 0. The molecular formula is C19H22O. The van der Waals surface area contributed by atoms with Crippen LogP contribution in [0.2, 0.25) is 0 Å². The zero-order valence-corrected chi connectivity index (χ0v) is 12.3. The third-order valence-electron chi connectivity index (χ3n) is 4.60. The fraction of sp³-hybridized carbons (Fsp3) is 0.421. The monoisotopic (exact) mass is 266 g/mol. The van der Waals surface area contributed by atoms with Crippen molar-refractivity contribution >= 4 is 16.6 Å². The van der Waals surface area contributed by atoms with Crippen molar-refractivity contribution < 1.29 is 4.79 Å². The minimum absolute atomic E-state index is 0.208. The molecule has 0 heterocycles. The Hall–Kier alpha value is -1.63. The highest BCUT2D eigenvalue weighted by Crippen LogP contribution is 2.35. The van der Waals surface area contributed by atoms with E-state index >= 15 is 0 Å². The first-order valence-corrected chi connectivity index (χ1v) is 7.67. The van der Waals surface area contributed by atoms with Crippen molar-refractivity contribution in [2.24, 2.45) is 17.8 Å². The van der Waals surface area contributed by atoms with Gasteiger partial charge in [-0.05, 0) is 41.9 Å². The topological polar surface area (TPSA) is 17.1 Å². The molecule has 1 nitrogen and oxygen atoms in total. The molecule has 0 aromatic heterocycles. The molecule has 0 spiro atoms. The Bertz CT molecular complexity index is 613. The molecule has 2 aromatic carbocycles. The Labute approximate surface area is 121 Å². The summed E-state index contributed by atoms with van der Waals surface area (Å²) in [6, 6.07) is 14.3. The number of hydrogen-bond acceptors (Lipinski definition) is 1. The number of rotatable bonds is 2. The average molecular weight is 266 g/mol. The van der Waals surface area contributed by atoms with Gasteiger partial charge in [0.15, 0.2) is 5.78 Å². The van der Waals surface area contributed by atoms with E-state index in [1.807, 2.05) is 24.3 Å². The highest BCUT2D eigenvalue weighted by molar-refractivity contribution is 6.09. The second kappa shape index (κ2) is 5.40. The van der Waals surface area contributed by atoms with Crippen molar-refractivity contribution in [1.29, 1.82) is 0 Å². The largest absolute Gasteiger partial charge is 0.294 e. The third-order valence-corrected chi connectivity index (χ3v) is 4.60. The van der Waals surface area contributed by atoms with Gasteiger partial charge in [0.1, 0.15) is 0 Å². The fourth-order valence-electron chi connectivity index (χ4n) is 3.82. The molecule has 1 saturated carbocycles. The van der Waals surface area contributed by atoms with Crippen LogP contribution >= 0.6 is 0 Å². The van der Waals surface area contributed by atoms with Gasteiger partial charge in [0, 0.05) is 11.5 Å². The molecule has 3 rings (SSSR count). The summed E-state index contributed by atoms with van der Waals surface area (Å²) in [4.78, 5) is 12.9. The lowest BCUT2D eigenvalue weighted by molar-refractivity contribution is 0.0838. The van der Waals surface area contributed by atoms with E-state index in [4.69, 9.17) is 0 Å². The van der Waals surface area contributed by atoms with Crippen LogP contribution in [0.5, 0.6) is 0 Å². The van der Waals surface area contributed by atoms with E-state index in [0.29, 0.717) is 17.6 Å². The summed E-state index contributed by atoms with van der Waals surface area (Å²) in [6.45, 7) is 4.55. The Kier molecular flexibility index (Phi) is 3.60. The van der Waals surface area contributed by atoms with Gasteiger partial charge in [0.05, 0.1) is 0 Å². The molecule has 2 atom stereocenters. The van der Waals surface area contributed by atoms with Crippen molar-refractivity contribution in [2.45, 2.75) is 33.1 Å². The molecule has 2 unspecified atom stereocenters. The molecule has 0 N–H and O–H groups in total. The number of ketones is 1. The van der Waals surface area contributed by atoms with Gasteiger partial charge in [0.2, 0.25) is 0 Å². The minimum atomic E-state index is 0.208. The van der Waals surface area contributed by atoms with Crippen LogP contribution in [-0.4, -0.2) is 5.78 Å². The summed E-state index contributed by atoms with van der Waals surface area (Å²) in [5, 5.41) is 2.26. The second-order valence-corrected chi connectivity index (χ2v) is 6.51. The molecule has 0 amide bonds. The average Bonchev–Trinajstić information content (AvgIpc) is 2.45. The van der Waals surface area contributed by atoms with E-state index in [2.05, 4.69) is 32.0 Å². The van der Waals surface area contributed by atoms with E-state index in [-0.39, 0.29) is 5.92 Å². The first-order valence-electron chi connectivity index (χ1n) is 7.67. The Balaban J connectivity index is 1.96. The molecule has 1 fully saturated rings. The van der Waals surface area contributed by atoms with E-state index in [1.165, 1.54) is 6.42 Å². The van der Waals surface area contributed by atoms with Gasteiger partial charge in [0.25, 0.3) is 0 Å². The molecule has 1 aliphatic carbocycles. The van der Waals surface area contributed by atoms with Gasteiger partial charge in [-0.1, -0.05) is 56.3 Å². The summed E-state index contributed by atoms with van der Waals surface area (Å²) >= 11 is 0. The Morgan fingerprint density at radius 3 is 2.30 bits per heavy atom. The molecule has 0 radical (unpaired) electrons. The SMILES string of the molecule is CC1CC(C)CC(C(=O)c2cccc3ccccc23)C1. The summed E-state index contributed by atoms with van der Waals surface area (Å²) in [5.41, 5.74) is 0.911. The minimum Gasteiger partial charge on any atom is -0.294 e. The number of benzene rings is 2. The van der Waals surface area contributed by atoms with E-state index in [9.17, 15) is 4.79 Å². The normalized spacial score (nSPS) is 26.6. The lowest BCUT2D eigenvalue weighted by Crippen LogP contribution is -2.26. The van der Waals surface area contributed by atoms with Crippen molar-refractivity contribution in [3.8, 4) is 0 Å². The lowest BCUT2D eigenvalue weighted by atomic mass is 9.73. The van der Waals surface area contributed by atoms with E-state index < -0.39 is 0 Å². The molecule has 20 heavy (non-hydrogen) atoms. The van der Waals surface area contributed by atoms with Crippen LogP contribution in [0.4, 0.5) is 0 Å². The molecule has 0 aliphatic heterocycles. The number of carbonyl (C=O) groups is 1. The maximum Gasteiger partial charge on any atom is 0.166 e. The van der Waals surface area contributed by atoms with Gasteiger partial charge in [-0.2, -0.15) is 0 Å². The highest BCUT2D eigenvalue weighted by atomic mass is 16.1. The van der Waals surface area contributed by atoms with Crippen LogP contribution in [0.3, 0.4) is 0 Å². The van der Waals surface area contributed by atoms with Gasteiger partial charge >= 0.3 is 0 Å². The van der Waals surface area contributed by atoms with E-state index in [1.54, 1.807) is 0 Å². The lowest BCUT2D eigenvalue weighted by Gasteiger charge is -2.30.